The average Bonchev–Trinajstić information content (AvgIpc) is 2.07. The summed E-state index contributed by atoms with van der Waals surface area (Å²) < 4.78 is 0. The van der Waals surface area contributed by atoms with Gasteiger partial charge in [0.05, 0.1) is 10.0 Å². The first kappa shape index (κ1) is 9.43. The Hall–Kier alpha value is -0.660. The summed E-state index contributed by atoms with van der Waals surface area (Å²) >= 11 is 11.5. The van der Waals surface area contributed by atoms with Crippen molar-refractivity contribution in [2.75, 3.05) is 11.9 Å². The van der Waals surface area contributed by atoms with Crippen molar-refractivity contribution in [3.05, 3.63) is 40.9 Å². The summed E-state index contributed by atoms with van der Waals surface area (Å²) in [6.07, 6.45) is 1.78. The molecule has 1 rings (SSSR count). The van der Waals surface area contributed by atoms with E-state index in [-0.39, 0.29) is 0 Å². The maximum Gasteiger partial charge on any atom is 0.0612 e. The van der Waals surface area contributed by atoms with Gasteiger partial charge >= 0.3 is 0 Å². The van der Waals surface area contributed by atoms with Crippen molar-refractivity contribution in [3.63, 3.8) is 0 Å². The summed E-state index contributed by atoms with van der Waals surface area (Å²) in [6.45, 7) is 4.31. The van der Waals surface area contributed by atoms with Crippen LogP contribution >= 0.6 is 23.2 Å². The van der Waals surface area contributed by atoms with E-state index >= 15 is 0 Å². The van der Waals surface area contributed by atoms with Gasteiger partial charge in [-0.25, -0.2) is 0 Å². The number of benzene rings is 1. The lowest BCUT2D eigenvalue weighted by atomic mass is 10.3. The quantitative estimate of drug-likeness (QED) is 0.738. The summed E-state index contributed by atoms with van der Waals surface area (Å²) in [6, 6.07) is 5.42. The Morgan fingerprint density at radius 3 is 2.67 bits per heavy atom. The molecular formula is C9H9Cl2N. The monoisotopic (exact) mass is 201 g/mol. The molecule has 0 aliphatic rings. The molecule has 0 spiro atoms. The Balaban J connectivity index is 2.75. The fourth-order valence-corrected chi connectivity index (χ4v) is 1.09. The van der Waals surface area contributed by atoms with E-state index in [0.717, 1.165) is 12.2 Å². The van der Waals surface area contributed by atoms with E-state index in [9.17, 15) is 0 Å². The van der Waals surface area contributed by atoms with Crippen molar-refractivity contribution in [3.8, 4) is 0 Å². The minimum atomic E-state index is 0.561. The average molecular weight is 202 g/mol. The smallest absolute Gasteiger partial charge is 0.0612 e. The molecule has 0 aliphatic carbocycles. The zero-order valence-corrected chi connectivity index (χ0v) is 7.99. The number of hydrogen-bond donors (Lipinski definition) is 1. The molecule has 0 heterocycles. The molecule has 1 nitrogen and oxygen atoms in total. The van der Waals surface area contributed by atoms with Crippen LogP contribution in [0.15, 0.2) is 30.9 Å². The van der Waals surface area contributed by atoms with Crippen molar-refractivity contribution in [1.82, 2.24) is 0 Å². The van der Waals surface area contributed by atoms with Crippen LogP contribution in [0, 0.1) is 0 Å². The molecule has 3 heteroatoms. The molecule has 1 N–H and O–H groups in total. The summed E-state index contributed by atoms with van der Waals surface area (Å²) in [5.74, 6) is 0. The standard InChI is InChI=1S/C9H9Cl2N/c1-2-5-12-7-3-4-8(10)9(11)6-7/h2-4,6,12H,1,5H2. The summed E-state index contributed by atoms with van der Waals surface area (Å²) in [5, 5.41) is 4.23. The van der Waals surface area contributed by atoms with Crippen LogP contribution in [0.25, 0.3) is 0 Å². The van der Waals surface area contributed by atoms with E-state index in [1.165, 1.54) is 0 Å². The minimum absolute atomic E-state index is 0.561. The maximum absolute atomic E-state index is 5.79. The Morgan fingerprint density at radius 1 is 1.33 bits per heavy atom. The van der Waals surface area contributed by atoms with Gasteiger partial charge < -0.3 is 5.32 Å². The fraction of sp³-hybridized carbons (Fsp3) is 0.111. The van der Waals surface area contributed by atoms with Gasteiger partial charge in [-0.05, 0) is 18.2 Å². The first-order valence-electron chi connectivity index (χ1n) is 3.54. The lowest BCUT2D eigenvalue weighted by Crippen LogP contribution is -1.96. The second-order valence-corrected chi connectivity index (χ2v) is 3.11. The molecule has 0 aliphatic heterocycles. The van der Waals surface area contributed by atoms with Crippen LogP contribution < -0.4 is 5.32 Å². The van der Waals surface area contributed by atoms with E-state index in [2.05, 4.69) is 11.9 Å². The number of rotatable bonds is 3. The molecule has 0 fully saturated rings. The first-order valence-corrected chi connectivity index (χ1v) is 4.29. The third-order valence-electron chi connectivity index (χ3n) is 1.37. The number of nitrogens with one attached hydrogen (secondary N) is 1. The van der Waals surface area contributed by atoms with Crippen molar-refractivity contribution < 1.29 is 0 Å². The molecule has 0 bridgehead atoms. The van der Waals surface area contributed by atoms with E-state index in [4.69, 9.17) is 23.2 Å². The number of hydrogen-bond acceptors (Lipinski definition) is 1. The van der Waals surface area contributed by atoms with Gasteiger partial charge in [0.25, 0.3) is 0 Å². The summed E-state index contributed by atoms with van der Waals surface area (Å²) in [4.78, 5) is 0. The van der Waals surface area contributed by atoms with Gasteiger partial charge in [0.15, 0.2) is 0 Å². The van der Waals surface area contributed by atoms with Crippen LogP contribution in [0.5, 0.6) is 0 Å². The molecule has 0 radical (unpaired) electrons. The van der Waals surface area contributed by atoms with Crippen LogP contribution in [0.2, 0.25) is 10.0 Å². The van der Waals surface area contributed by atoms with E-state index in [1.54, 1.807) is 18.2 Å². The van der Waals surface area contributed by atoms with Crippen LogP contribution in [0.4, 0.5) is 5.69 Å². The lowest BCUT2D eigenvalue weighted by Gasteiger charge is -2.03. The molecule has 0 atom stereocenters. The van der Waals surface area contributed by atoms with Crippen molar-refractivity contribution >= 4 is 28.9 Å². The van der Waals surface area contributed by atoms with E-state index < -0.39 is 0 Å². The van der Waals surface area contributed by atoms with Gasteiger partial charge in [-0.15, -0.1) is 6.58 Å². The third-order valence-corrected chi connectivity index (χ3v) is 2.11. The van der Waals surface area contributed by atoms with E-state index in [1.807, 2.05) is 6.07 Å². The zero-order chi connectivity index (χ0) is 8.97. The first-order chi connectivity index (χ1) is 5.74. The second-order valence-electron chi connectivity index (χ2n) is 2.30. The van der Waals surface area contributed by atoms with E-state index in [0.29, 0.717) is 10.0 Å². The Labute approximate surface area is 82.0 Å². The molecular weight excluding hydrogens is 193 g/mol. The maximum atomic E-state index is 5.79. The molecule has 0 aromatic heterocycles. The van der Waals surface area contributed by atoms with Crippen LogP contribution in [-0.4, -0.2) is 6.54 Å². The van der Waals surface area contributed by atoms with Gasteiger partial charge in [0.2, 0.25) is 0 Å². The molecule has 12 heavy (non-hydrogen) atoms. The van der Waals surface area contributed by atoms with Crippen LogP contribution in [0.3, 0.4) is 0 Å². The van der Waals surface area contributed by atoms with Gasteiger partial charge in [0, 0.05) is 12.2 Å². The molecule has 1 aromatic rings. The van der Waals surface area contributed by atoms with Gasteiger partial charge in [-0.3, -0.25) is 0 Å². The minimum Gasteiger partial charge on any atom is -0.382 e. The summed E-state index contributed by atoms with van der Waals surface area (Å²) in [7, 11) is 0. The third kappa shape index (κ3) is 2.43. The number of halogens is 2. The Kier molecular flexibility index (Phi) is 3.45. The molecule has 0 saturated heterocycles. The van der Waals surface area contributed by atoms with Crippen molar-refractivity contribution in [1.29, 1.82) is 0 Å². The second kappa shape index (κ2) is 4.39. The Bertz CT molecular complexity index is 284. The van der Waals surface area contributed by atoms with Gasteiger partial charge in [-0.1, -0.05) is 29.3 Å². The zero-order valence-electron chi connectivity index (χ0n) is 6.48. The SMILES string of the molecule is C=CCNc1ccc(Cl)c(Cl)c1. The van der Waals surface area contributed by atoms with Gasteiger partial charge in [0.1, 0.15) is 0 Å². The number of anilines is 1. The highest BCUT2D eigenvalue weighted by atomic mass is 35.5. The lowest BCUT2D eigenvalue weighted by molar-refractivity contribution is 1.34. The predicted molar refractivity (Wildman–Crippen MR) is 55.1 cm³/mol. The topological polar surface area (TPSA) is 12.0 Å². The molecule has 0 amide bonds. The van der Waals surface area contributed by atoms with Crippen LogP contribution in [-0.2, 0) is 0 Å². The van der Waals surface area contributed by atoms with Crippen molar-refractivity contribution in [2.45, 2.75) is 0 Å². The molecule has 64 valence electrons. The highest BCUT2D eigenvalue weighted by Gasteiger charge is 1.97. The molecule has 1 aromatic carbocycles. The van der Waals surface area contributed by atoms with Gasteiger partial charge in [-0.2, -0.15) is 0 Å². The highest BCUT2D eigenvalue weighted by Crippen LogP contribution is 2.24. The predicted octanol–water partition coefficient (Wildman–Crippen LogP) is 3.59. The fourth-order valence-electron chi connectivity index (χ4n) is 0.796. The highest BCUT2D eigenvalue weighted by molar-refractivity contribution is 6.42. The Morgan fingerprint density at radius 2 is 2.08 bits per heavy atom. The van der Waals surface area contributed by atoms with Crippen LogP contribution in [0.1, 0.15) is 0 Å². The molecule has 0 saturated carbocycles. The summed E-state index contributed by atoms with van der Waals surface area (Å²) in [5.41, 5.74) is 0.948. The molecule has 0 unspecified atom stereocenters. The normalized spacial score (nSPS) is 9.50. The largest absolute Gasteiger partial charge is 0.382 e. The van der Waals surface area contributed by atoms with Crippen molar-refractivity contribution in [2.24, 2.45) is 0 Å².